The van der Waals surface area contributed by atoms with Crippen molar-refractivity contribution in [1.82, 2.24) is 0 Å². The monoisotopic (exact) mass is 256 g/mol. The topological polar surface area (TPSA) is 112 Å². The third-order valence-corrected chi connectivity index (χ3v) is 1.23. The first kappa shape index (κ1) is 14.6. The summed E-state index contributed by atoms with van der Waals surface area (Å²) >= 11 is 2.68. The number of aliphatic carboxylic acids is 2. The summed E-state index contributed by atoms with van der Waals surface area (Å²) in [6, 6.07) is 0. The molecule has 6 nitrogen and oxygen atoms in total. The summed E-state index contributed by atoms with van der Waals surface area (Å²) in [5.41, 5.74) is 0. The fourth-order valence-electron chi connectivity index (χ4n) is 0.0572. The molecular weight excluding hydrogens is 248 g/mol. The Bertz CT molecular complexity index is 199. The van der Waals surface area contributed by atoms with Crippen LogP contribution in [-0.2, 0) is 14.4 Å². The van der Waals surface area contributed by atoms with Crippen molar-refractivity contribution in [3.63, 3.8) is 0 Å². The molecular formula is C6H9BrO6. The van der Waals surface area contributed by atoms with E-state index >= 15 is 0 Å². The highest BCUT2D eigenvalue weighted by Crippen LogP contribution is 1.80. The van der Waals surface area contributed by atoms with Crippen LogP contribution in [0, 0.1) is 0 Å². The Balaban J connectivity index is 0. The number of hydrogen-bond acceptors (Lipinski definition) is 4. The van der Waals surface area contributed by atoms with Gasteiger partial charge >= 0.3 is 11.9 Å². The van der Waals surface area contributed by atoms with Gasteiger partial charge in [0.05, 0.1) is 5.33 Å². The maximum absolute atomic E-state index is 9.87. The van der Waals surface area contributed by atoms with Crippen molar-refractivity contribution in [2.24, 2.45) is 0 Å². The van der Waals surface area contributed by atoms with Crippen molar-refractivity contribution >= 4 is 33.7 Å². The minimum atomic E-state index is -1.39. The van der Waals surface area contributed by atoms with E-state index < -0.39 is 23.8 Å². The zero-order valence-electron chi connectivity index (χ0n) is 6.73. The minimum Gasteiger partial charge on any atom is -0.479 e. The van der Waals surface area contributed by atoms with E-state index in [1.54, 1.807) is 0 Å². The van der Waals surface area contributed by atoms with E-state index in [4.69, 9.17) is 15.3 Å². The Labute approximate surface area is 82.3 Å². The third-order valence-electron chi connectivity index (χ3n) is 0.717. The molecule has 0 aliphatic carbocycles. The summed E-state index contributed by atoms with van der Waals surface area (Å²) in [6.45, 7) is 1.20. The Morgan fingerprint density at radius 1 is 1.31 bits per heavy atom. The molecule has 0 amide bonds. The van der Waals surface area contributed by atoms with E-state index in [9.17, 15) is 14.4 Å². The zero-order valence-corrected chi connectivity index (χ0v) is 8.31. The molecule has 0 rings (SSSR count). The van der Waals surface area contributed by atoms with Crippen molar-refractivity contribution < 1.29 is 29.7 Å². The Kier molecular flexibility index (Phi) is 8.61. The van der Waals surface area contributed by atoms with Gasteiger partial charge in [-0.3, -0.25) is 4.79 Å². The second-order valence-electron chi connectivity index (χ2n) is 1.88. The molecule has 0 fully saturated rings. The highest BCUT2D eigenvalue weighted by Gasteiger charge is 2.06. The van der Waals surface area contributed by atoms with Gasteiger partial charge in [-0.25, -0.2) is 9.59 Å². The largest absolute Gasteiger partial charge is 0.479 e. The van der Waals surface area contributed by atoms with Gasteiger partial charge in [-0.05, 0) is 6.92 Å². The van der Waals surface area contributed by atoms with Gasteiger partial charge in [-0.15, -0.1) is 0 Å². The number of carbonyl (C=O) groups is 3. The summed E-state index contributed by atoms with van der Waals surface area (Å²) in [5, 5.41) is 23.5. The maximum Gasteiger partial charge on any atom is 0.373 e. The lowest BCUT2D eigenvalue weighted by Gasteiger charge is -1.89. The average Bonchev–Trinajstić information content (AvgIpc) is 2.03. The summed E-state index contributed by atoms with van der Waals surface area (Å²) in [7, 11) is 0. The van der Waals surface area contributed by atoms with Gasteiger partial charge in [0.15, 0.2) is 0 Å². The van der Waals surface area contributed by atoms with Gasteiger partial charge in [0.1, 0.15) is 6.10 Å². The lowest BCUT2D eigenvalue weighted by atomic mass is 10.4. The van der Waals surface area contributed by atoms with Crippen molar-refractivity contribution in [2.75, 3.05) is 5.33 Å². The van der Waals surface area contributed by atoms with Crippen molar-refractivity contribution in [3.8, 4) is 0 Å². The van der Waals surface area contributed by atoms with Crippen LogP contribution in [0.1, 0.15) is 6.92 Å². The molecule has 7 heteroatoms. The molecule has 1 unspecified atom stereocenters. The number of hydrogen-bond donors (Lipinski definition) is 3. The molecule has 0 aromatic heterocycles. The fraction of sp³-hybridized carbons (Fsp3) is 0.500. The SMILES string of the molecule is CC(O)C(=O)O.O=C(O)C(=O)CBr. The number of Topliss-reactive ketones (excluding diaryl/α,β-unsaturated/α-hetero) is 1. The number of alkyl halides is 1. The van der Waals surface area contributed by atoms with Gasteiger partial charge in [-0.1, -0.05) is 15.9 Å². The van der Waals surface area contributed by atoms with Crippen LogP contribution in [-0.4, -0.2) is 44.5 Å². The van der Waals surface area contributed by atoms with Crippen LogP contribution in [0.3, 0.4) is 0 Å². The summed E-state index contributed by atoms with van der Waals surface area (Å²) in [6.07, 6.45) is -1.23. The lowest BCUT2D eigenvalue weighted by Crippen LogP contribution is -2.13. The lowest BCUT2D eigenvalue weighted by molar-refractivity contribution is -0.147. The molecule has 0 radical (unpaired) electrons. The fourth-order valence-corrected chi connectivity index (χ4v) is 0.297. The standard InChI is InChI=1S/C3H3BrO3.C3H6O3/c4-1-2(5)3(6)7;1-2(4)3(5)6/h1H2,(H,6,7);2,4H,1H3,(H,5,6). The first-order valence-corrected chi connectivity index (χ1v) is 4.18. The Morgan fingerprint density at radius 2 is 1.62 bits per heavy atom. The normalized spacial score (nSPS) is 10.7. The van der Waals surface area contributed by atoms with Crippen LogP contribution in [0.5, 0.6) is 0 Å². The summed E-state index contributed by atoms with van der Waals surface area (Å²) in [4.78, 5) is 28.9. The molecule has 76 valence electrons. The van der Waals surface area contributed by atoms with Crippen LogP contribution in [0.15, 0.2) is 0 Å². The molecule has 0 aliphatic heterocycles. The molecule has 3 N–H and O–H groups in total. The third kappa shape index (κ3) is 11.0. The number of carbonyl (C=O) groups excluding carboxylic acids is 1. The van der Waals surface area contributed by atoms with Crippen LogP contribution in [0.2, 0.25) is 0 Å². The summed E-state index contributed by atoms with van der Waals surface area (Å²) < 4.78 is 0. The van der Waals surface area contributed by atoms with Crippen molar-refractivity contribution in [3.05, 3.63) is 0 Å². The van der Waals surface area contributed by atoms with E-state index in [1.165, 1.54) is 6.92 Å². The molecule has 0 aliphatic rings. The first-order chi connectivity index (χ1) is 5.82. The van der Waals surface area contributed by atoms with Gasteiger partial charge in [-0.2, -0.15) is 0 Å². The smallest absolute Gasteiger partial charge is 0.373 e. The van der Waals surface area contributed by atoms with E-state index in [0.29, 0.717) is 0 Å². The van der Waals surface area contributed by atoms with Gasteiger partial charge in [0.25, 0.3) is 0 Å². The van der Waals surface area contributed by atoms with Gasteiger partial charge < -0.3 is 15.3 Å². The van der Waals surface area contributed by atoms with Crippen LogP contribution >= 0.6 is 15.9 Å². The zero-order chi connectivity index (χ0) is 11.0. The van der Waals surface area contributed by atoms with Crippen LogP contribution in [0.25, 0.3) is 0 Å². The average molecular weight is 257 g/mol. The predicted octanol–water partition coefficient (Wildman–Crippen LogP) is -0.513. The second kappa shape index (κ2) is 7.69. The number of carboxylic acid groups (broad SMARTS) is 2. The predicted molar refractivity (Wildman–Crippen MR) is 45.8 cm³/mol. The minimum absolute atomic E-state index is 0.109. The number of halogens is 1. The quantitative estimate of drug-likeness (QED) is 0.463. The highest BCUT2D eigenvalue weighted by molar-refractivity contribution is 9.09. The molecule has 0 aromatic carbocycles. The number of aliphatic hydroxyl groups is 1. The molecule has 0 spiro atoms. The summed E-state index contributed by atoms with van der Waals surface area (Å²) in [5.74, 6) is -3.40. The second-order valence-corrected chi connectivity index (χ2v) is 2.44. The molecule has 0 aromatic rings. The van der Waals surface area contributed by atoms with Crippen molar-refractivity contribution in [1.29, 1.82) is 0 Å². The Hall–Kier alpha value is -0.950. The number of aliphatic hydroxyl groups excluding tert-OH is 1. The number of carboxylic acids is 2. The van der Waals surface area contributed by atoms with E-state index in [1.807, 2.05) is 0 Å². The maximum atomic E-state index is 9.87. The molecule has 13 heavy (non-hydrogen) atoms. The van der Waals surface area contributed by atoms with E-state index in [0.717, 1.165) is 0 Å². The van der Waals surface area contributed by atoms with Crippen LogP contribution < -0.4 is 0 Å². The Morgan fingerprint density at radius 3 is 1.62 bits per heavy atom. The number of rotatable bonds is 3. The molecule has 0 saturated heterocycles. The van der Waals surface area contributed by atoms with Gasteiger partial charge in [0.2, 0.25) is 5.78 Å². The molecule has 0 heterocycles. The molecule has 0 saturated carbocycles. The van der Waals surface area contributed by atoms with E-state index in [2.05, 4.69) is 15.9 Å². The van der Waals surface area contributed by atoms with E-state index in [-0.39, 0.29) is 5.33 Å². The number of ketones is 1. The molecule has 1 atom stereocenters. The van der Waals surface area contributed by atoms with Crippen molar-refractivity contribution in [2.45, 2.75) is 13.0 Å². The molecule has 0 bridgehead atoms. The van der Waals surface area contributed by atoms with Crippen LogP contribution in [0.4, 0.5) is 0 Å². The highest BCUT2D eigenvalue weighted by atomic mass is 79.9. The van der Waals surface area contributed by atoms with Gasteiger partial charge in [0, 0.05) is 0 Å². The first-order valence-electron chi connectivity index (χ1n) is 3.05.